The number of rotatable bonds is 2. The Hall–Kier alpha value is -2.54. The van der Waals surface area contributed by atoms with Gasteiger partial charge >= 0.3 is 0 Å². The topological polar surface area (TPSA) is 85.8 Å². The predicted molar refractivity (Wildman–Crippen MR) is 92.2 cm³/mol. The molecule has 1 aromatic carbocycles. The number of hydrogen-bond donors (Lipinski definition) is 3. The van der Waals surface area contributed by atoms with E-state index >= 15 is 0 Å². The highest BCUT2D eigenvalue weighted by Gasteiger charge is 2.39. The van der Waals surface area contributed by atoms with Crippen LogP contribution in [0.5, 0.6) is 0 Å². The first-order valence-electron chi connectivity index (χ1n) is 7.54. The number of aliphatic imine (C=N–C) groups is 1. The molecule has 7 nitrogen and oxygen atoms in total. The molecular formula is C16H18ClN5O2. The van der Waals surface area contributed by atoms with Gasteiger partial charge in [0.1, 0.15) is 11.9 Å². The molecule has 2 aliphatic heterocycles. The number of anilines is 1. The van der Waals surface area contributed by atoms with Gasteiger partial charge in [0.2, 0.25) is 17.8 Å². The lowest BCUT2D eigenvalue weighted by Gasteiger charge is -2.32. The molecule has 1 fully saturated rings. The van der Waals surface area contributed by atoms with E-state index in [2.05, 4.69) is 21.1 Å². The lowest BCUT2D eigenvalue weighted by molar-refractivity contribution is -0.129. The highest BCUT2D eigenvalue weighted by molar-refractivity contribution is 6.31. The zero-order valence-corrected chi connectivity index (χ0v) is 14.4. The Morgan fingerprint density at radius 3 is 2.88 bits per heavy atom. The molecule has 0 radical (unpaired) electrons. The second-order valence-electron chi connectivity index (χ2n) is 5.94. The Balaban J connectivity index is 1.84. The molecule has 0 saturated carbocycles. The third kappa shape index (κ3) is 2.94. The van der Waals surface area contributed by atoms with Crippen molar-refractivity contribution in [3.8, 4) is 0 Å². The largest absolute Gasteiger partial charge is 0.324 e. The number of benzene rings is 1. The summed E-state index contributed by atoms with van der Waals surface area (Å²) in [7, 11) is 0. The molecule has 126 valence electrons. The van der Waals surface area contributed by atoms with Gasteiger partial charge in [-0.15, -0.1) is 0 Å². The minimum absolute atomic E-state index is 0.0352. The van der Waals surface area contributed by atoms with E-state index in [1.54, 1.807) is 23.2 Å². The van der Waals surface area contributed by atoms with Crippen molar-refractivity contribution in [1.29, 1.82) is 0 Å². The average Bonchev–Trinajstić information content (AvgIpc) is 2.95. The average molecular weight is 348 g/mol. The Morgan fingerprint density at radius 1 is 1.42 bits per heavy atom. The van der Waals surface area contributed by atoms with Crippen molar-refractivity contribution >= 4 is 35.1 Å². The summed E-state index contributed by atoms with van der Waals surface area (Å²) in [5.41, 5.74) is 5.42. The summed E-state index contributed by atoms with van der Waals surface area (Å²) in [6, 6.07) is 4.60. The zero-order chi connectivity index (χ0) is 17.4. The van der Waals surface area contributed by atoms with Gasteiger partial charge in [-0.2, -0.15) is 4.99 Å². The maximum absolute atomic E-state index is 12.7. The van der Waals surface area contributed by atoms with Crippen LogP contribution in [0.1, 0.15) is 25.8 Å². The molecule has 0 spiro atoms. The molecule has 2 heterocycles. The molecular weight excluding hydrogens is 330 g/mol. The summed E-state index contributed by atoms with van der Waals surface area (Å²) < 4.78 is 0. The highest BCUT2D eigenvalue weighted by Crippen LogP contribution is 2.24. The quantitative estimate of drug-likeness (QED) is 0.762. The molecule has 0 aromatic heterocycles. The van der Waals surface area contributed by atoms with Crippen LogP contribution >= 0.6 is 11.6 Å². The van der Waals surface area contributed by atoms with E-state index < -0.39 is 6.04 Å². The van der Waals surface area contributed by atoms with Crippen molar-refractivity contribution in [3.05, 3.63) is 40.2 Å². The van der Waals surface area contributed by atoms with Crippen LogP contribution in [0.3, 0.4) is 0 Å². The summed E-state index contributed by atoms with van der Waals surface area (Å²) in [6.07, 6.45) is 0.0352. The van der Waals surface area contributed by atoms with Crippen molar-refractivity contribution in [2.45, 2.75) is 33.2 Å². The fourth-order valence-corrected chi connectivity index (χ4v) is 2.68. The zero-order valence-electron chi connectivity index (χ0n) is 13.6. The van der Waals surface area contributed by atoms with Gasteiger partial charge in [-0.1, -0.05) is 17.7 Å². The summed E-state index contributed by atoms with van der Waals surface area (Å²) in [4.78, 5) is 28.9. The SMILES string of the molecule is CC(C)=C1N=C2NC(=O)C[C@@H](C(=O)Nc3cccc(Cl)c3C)N2N1. The van der Waals surface area contributed by atoms with E-state index in [1.807, 2.05) is 20.8 Å². The molecule has 1 saturated heterocycles. The standard InChI is InChI=1S/C16H18ClN5O2/c1-8(2)14-20-16-19-13(23)7-12(22(16)21-14)15(24)18-11-6-4-5-10(17)9(11)3/h4-6,12,21H,7H2,1-3H3,(H,18,24)(H,19,20,23)/t12-/m0/s1. The van der Waals surface area contributed by atoms with Crippen molar-refractivity contribution in [2.24, 2.45) is 4.99 Å². The van der Waals surface area contributed by atoms with Gasteiger partial charge in [-0.3, -0.25) is 20.3 Å². The van der Waals surface area contributed by atoms with Gasteiger partial charge in [0.25, 0.3) is 0 Å². The van der Waals surface area contributed by atoms with Crippen LogP contribution in [0.2, 0.25) is 5.02 Å². The molecule has 2 amide bonds. The third-order valence-electron chi connectivity index (χ3n) is 3.92. The number of guanidine groups is 1. The number of nitrogens with one attached hydrogen (secondary N) is 3. The number of hydrazine groups is 1. The fraction of sp³-hybridized carbons (Fsp3) is 0.312. The van der Waals surface area contributed by atoms with Gasteiger partial charge in [-0.25, -0.2) is 5.01 Å². The molecule has 8 heteroatoms. The van der Waals surface area contributed by atoms with Gasteiger partial charge in [-0.05, 0) is 44.0 Å². The van der Waals surface area contributed by atoms with Gasteiger partial charge < -0.3 is 5.32 Å². The minimum Gasteiger partial charge on any atom is -0.324 e. The predicted octanol–water partition coefficient (Wildman–Crippen LogP) is 1.90. The molecule has 0 aliphatic carbocycles. The maximum Gasteiger partial charge on any atom is 0.249 e. The first kappa shape index (κ1) is 16.3. The first-order valence-corrected chi connectivity index (χ1v) is 7.92. The van der Waals surface area contributed by atoms with Gasteiger partial charge in [0.05, 0.1) is 6.42 Å². The minimum atomic E-state index is -0.701. The van der Waals surface area contributed by atoms with E-state index in [-0.39, 0.29) is 18.2 Å². The lowest BCUT2D eigenvalue weighted by atomic mass is 10.1. The van der Waals surface area contributed by atoms with Crippen LogP contribution in [-0.2, 0) is 9.59 Å². The van der Waals surface area contributed by atoms with Crippen molar-refractivity contribution in [1.82, 2.24) is 15.8 Å². The van der Waals surface area contributed by atoms with E-state index in [0.717, 1.165) is 11.1 Å². The Morgan fingerprint density at radius 2 is 2.17 bits per heavy atom. The van der Waals surface area contributed by atoms with E-state index in [9.17, 15) is 9.59 Å². The molecule has 24 heavy (non-hydrogen) atoms. The highest BCUT2D eigenvalue weighted by atomic mass is 35.5. The summed E-state index contributed by atoms with van der Waals surface area (Å²) in [5, 5.41) is 7.67. The molecule has 1 atom stereocenters. The number of amides is 2. The second-order valence-corrected chi connectivity index (χ2v) is 6.34. The number of carbonyl (C=O) groups excluding carboxylic acids is 2. The number of halogens is 1. The number of allylic oxidation sites excluding steroid dienone is 1. The summed E-state index contributed by atoms with van der Waals surface area (Å²) >= 11 is 6.09. The van der Waals surface area contributed by atoms with Crippen molar-refractivity contribution in [2.75, 3.05) is 5.32 Å². The molecule has 3 rings (SSSR count). The summed E-state index contributed by atoms with van der Waals surface area (Å²) in [5.74, 6) is 0.421. The van der Waals surface area contributed by atoms with E-state index in [1.165, 1.54) is 0 Å². The van der Waals surface area contributed by atoms with Crippen LogP contribution in [-0.4, -0.2) is 28.8 Å². The van der Waals surface area contributed by atoms with Gasteiger partial charge in [0, 0.05) is 10.7 Å². The van der Waals surface area contributed by atoms with Crippen LogP contribution in [0.15, 0.2) is 34.6 Å². The monoisotopic (exact) mass is 347 g/mol. The Kier molecular flexibility index (Phi) is 4.19. The Labute approximate surface area is 144 Å². The third-order valence-corrected chi connectivity index (χ3v) is 4.33. The summed E-state index contributed by atoms with van der Waals surface area (Å²) in [6.45, 7) is 5.63. The van der Waals surface area contributed by atoms with Crippen LogP contribution in [0, 0.1) is 6.92 Å². The molecule has 0 bridgehead atoms. The van der Waals surface area contributed by atoms with Crippen LogP contribution in [0.4, 0.5) is 5.69 Å². The normalized spacial score (nSPS) is 19.2. The fourth-order valence-electron chi connectivity index (χ4n) is 2.50. The van der Waals surface area contributed by atoms with Crippen LogP contribution in [0.25, 0.3) is 0 Å². The first-order chi connectivity index (χ1) is 11.4. The number of carbonyl (C=O) groups is 2. The Bertz CT molecular complexity index is 783. The number of nitrogens with zero attached hydrogens (tertiary/aromatic N) is 2. The second kappa shape index (κ2) is 6.16. The molecule has 3 N–H and O–H groups in total. The van der Waals surface area contributed by atoms with E-state index in [4.69, 9.17) is 11.6 Å². The molecule has 2 aliphatic rings. The molecule has 1 aromatic rings. The number of fused-ring (bicyclic) bond motifs is 1. The molecule has 0 unspecified atom stereocenters. The maximum atomic E-state index is 12.7. The van der Waals surface area contributed by atoms with E-state index in [0.29, 0.717) is 22.5 Å². The number of hydrogen-bond acceptors (Lipinski definition) is 5. The van der Waals surface area contributed by atoms with Crippen molar-refractivity contribution in [3.63, 3.8) is 0 Å². The van der Waals surface area contributed by atoms with Gasteiger partial charge in [0.15, 0.2) is 0 Å². The van der Waals surface area contributed by atoms with Crippen molar-refractivity contribution < 1.29 is 9.59 Å². The van der Waals surface area contributed by atoms with Crippen LogP contribution < -0.4 is 16.1 Å². The smallest absolute Gasteiger partial charge is 0.249 e. The lowest BCUT2D eigenvalue weighted by Crippen LogP contribution is -2.61.